The molecule has 0 bridgehead atoms. The van der Waals surface area contributed by atoms with Gasteiger partial charge in [-0.05, 0) is 20.3 Å². The molecule has 0 aliphatic rings. The number of hydrogen-bond acceptors (Lipinski definition) is 3. The van der Waals surface area contributed by atoms with Crippen LogP contribution < -0.4 is 11.1 Å². The summed E-state index contributed by atoms with van der Waals surface area (Å²) in [5, 5.41) is 11.2. The number of amides is 1. The molecule has 5 nitrogen and oxygen atoms in total. The molecule has 0 spiro atoms. The van der Waals surface area contributed by atoms with Crippen molar-refractivity contribution in [3.8, 4) is 0 Å². The molecule has 1 unspecified atom stereocenters. The zero-order chi connectivity index (χ0) is 12.1. The molecule has 4 N–H and O–H groups in total. The van der Waals surface area contributed by atoms with Gasteiger partial charge in [0.05, 0.1) is 0 Å². The number of carbonyl (C=O) groups is 2. The quantitative estimate of drug-likeness (QED) is 0.602. The van der Waals surface area contributed by atoms with Crippen LogP contribution in [0.5, 0.6) is 0 Å². The van der Waals surface area contributed by atoms with Gasteiger partial charge < -0.3 is 16.2 Å². The second-order valence-corrected chi connectivity index (χ2v) is 4.23. The van der Waals surface area contributed by atoms with Crippen molar-refractivity contribution in [1.29, 1.82) is 0 Å². The van der Waals surface area contributed by atoms with E-state index in [1.807, 2.05) is 6.92 Å². The van der Waals surface area contributed by atoms with Crippen LogP contribution in [-0.4, -0.2) is 28.6 Å². The third-order valence-corrected chi connectivity index (χ3v) is 2.09. The Bertz CT molecular complexity index is 239. The van der Waals surface area contributed by atoms with Gasteiger partial charge in [-0.15, -0.1) is 0 Å². The van der Waals surface area contributed by atoms with Crippen molar-refractivity contribution in [2.45, 2.75) is 51.6 Å². The maximum absolute atomic E-state index is 11.4. The summed E-state index contributed by atoms with van der Waals surface area (Å²) in [6, 6.07) is -0.195. The molecule has 0 aliphatic carbocycles. The molecule has 0 heterocycles. The summed E-state index contributed by atoms with van der Waals surface area (Å²) in [6.45, 7) is 4.87. The highest BCUT2D eigenvalue weighted by atomic mass is 16.4. The van der Waals surface area contributed by atoms with E-state index in [1.165, 1.54) is 13.8 Å². The SMILES string of the molecule is CCCC(N)CC(=O)NC(C)(C)C(=O)O. The van der Waals surface area contributed by atoms with Gasteiger partial charge in [-0.2, -0.15) is 0 Å². The van der Waals surface area contributed by atoms with Crippen LogP contribution in [0.25, 0.3) is 0 Å². The van der Waals surface area contributed by atoms with Crippen molar-refractivity contribution in [2.24, 2.45) is 5.73 Å². The number of rotatable bonds is 6. The Kier molecular flexibility index (Phi) is 5.28. The zero-order valence-corrected chi connectivity index (χ0v) is 9.54. The van der Waals surface area contributed by atoms with Gasteiger partial charge in [-0.25, -0.2) is 4.79 Å². The van der Waals surface area contributed by atoms with Crippen molar-refractivity contribution in [1.82, 2.24) is 5.32 Å². The van der Waals surface area contributed by atoms with E-state index in [-0.39, 0.29) is 18.4 Å². The van der Waals surface area contributed by atoms with Gasteiger partial charge in [0.2, 0.25) is 5.91 Å². The molecule has 0 aliphatic heterocycles. The predicted octanol–water partition coefficient (Wildman–Crippen LogP) is 0.483. The van der Waals surface area contributed by atoms with Gasteiger partial charge in [0.15, 0.2) is 0 Å². The minimum atomic E-state index is -1.23. The van der Waals surface area contributed by atoms with E-state index in [0.29, 0.717) is 0 Å². The number of carboxylic acids is 1. The second kappa shape index (κ2) is 5.70. The molecule has 0 aromatic rings. The minimum absolute atomic E-state index is 0.171. The molecule has 0 fully saturated rings. The van der Waals surface area contributed by atoms with E-state index in [1.54, 1.807) is 0 Å². The van der Waals surface area contributed by atoms with Crippen molar-refractivity contribution < 1.29 is 14.7 Å². The van der Waals surface area contributed by atoms with E-state index < -0.39 is 11.5 Å². The Morgan fingerprint density at radius 3 is 2.40 bits per heavy atom. The monoisotopic (exact) mass is 216 g/mol. The summed E-state index contributed by atoms with van der Waals surface area (Å²) >= 11 is 0. The molecule has 0 saturated carbocycles. The number of carbonyl (C=O) groups excluding carboxylic acids is 1. The normalized spacial score (nSPS) is 13.3. The fourth-order valence-electron chi connectivity index (χ4n) is 1.16. The first-order valence-electron chi connectivity index (χ1n) is 5.09. The lowest BCUT2D eigenvalue weighted by Crippen LogP contribution is -2.50. The molecule has 0 aromatic carbocycles. The molecule has 15 heavy (non-hydrogen) atoms. The van der Waals surface area contributed by atoms with Crippen LogP contribution in [0.2, 0.25) is 0 Å². The smallest absolute Gasteiger partial charge is 0.328 e. The Balaban J connectivity index is 4.09. The van der Waals surface area contributed by atoms with E-state index in [9.17, 15) is 9.59 Å². The number of nitrogens with two attached hydrogens (primary N) is 1. The van der Waals surface area contributed by atoms with Crippen LogP contribution >= 0.6 is 0 Å². The van der Waals surface area contributed by atoms with E-state index in [4.69, 9.17) is 10.8 Å². The maximum Gasteiger partial charge on any atom is 0.328 e. The first kappa shape index (κ1) is 13.9. The largest absolute Gasteiger partial charge is 0.480 e. The van der Waals surface area contributed by atoms with Gasteiger partial charge in [0.1, 0.15) is 5.54 Å². The topological polar surface area (TPSA) is 92.4 Å². The van der Waals surface area contributed by atoms with Gasteiger partial charge in [-0.1, -0.05) is 13.3 Å². The molecule has 0 aromatic heterocycles. The van der Waals surface area contributed by atoms with Crippen molar-refractivity contribution in [2.75, 3.05) is 0 Å². The first-order valence-corrected chi connectivity index (χ1v) is 5.09. The van der Waals surface area contributed by atoms with Crippen molar-refractivity contribution in [3.05, 3.63) is 0 Å². The van der Waals surface area contributed by atoms with Gasteiger partial charge in [0, 0.05) is 12.5 Å². The lowest BCUT2D eigenvalue weighted by molar-refractivity contribution is -0.146. The summed E-state index contributed by atoms with van der Waals surface area (Å²) in [5.74, 6) is -1.37. The molecule has 1 atom stereocenters. The summed E-state index contributed by atoms with van der Waals surface area (Å²) in [6.07, 6.45) is 1.85. The van der Waals surface area contributed by atoms with Crippen LogP contribution in [0, 0.1) is 0 Å². The molecule has 5 heteroatoms. The molecule has 0 radical (unpaired) electrons. The second-order valence-electron chi connectivity index (χ2n) is 4.23. The molecular weight excluding hydrogens is 196 g/mol. The van der Waals surface area contributed by atoms with Crippen molar-refractivity contribution >= 4 is 11.9 Å². The number of hydrogen-bond donors (Lipinski definition) is 3. The van der Waals surface area contributed by atoms with E-state index >= 15 is 0 Å². The van der Waals surface area contributed by atoms with Crippen molar-refractivity contribution in [3.63, 3.8) is 0 Å². The average molecular weight is 216 g/mol. The molecule has 0 saturated heterocycles. The summed E-state index contributed by atoms with van der Waals surface area (Å²) in [4.78, 5) is 22.1. The fraction of sp³-hybridized carbons (Fsp3) is 0.800. The molecule has 1 amide bonds. The van der Waals surface area contributed by atoms with E-state index in [2.05, 4.69) is 5.32 Å². The van der Waals surface area contributed by atoms with Gasteiger partial charge in [0.25, 0.3) is 0 Å². The van der Waals surface area contributed by atoms with Gasteiger partial charge >= 0.3 is 5.97 Å². The Morgan fingerprint density at radius 2 is 2.00 bits per heavy atom. The average Bonchev–Trinajstić information content (AvgIpc) is 2.02. The summed E-state index contributed by atoms with van der Waals surface area (Å²) in [7, 11) is 0. The van der Waals surface area contributed by atoms with Gasteiger partial charge in [-0.3, -0.25) is 4.79 Å². The van der Waals surface area contributed by atoms with Crippen LogP contribution in [0.3, 0.4) is 0 Å². The molecule has 0 rings (SSSR count). The third-order valence-electron chi connectivity index (χ3n) is 2.09. The van der Waals surface area contributed by atoms with Crippen LogP contribution in [0.15, 0.2) is 0 Å². The highest BCUT2D eigenvalue weighted by Gasteiger charge is 2.29. The maximum atomic E-state index is 11.4. The summed E-state index contributed by atoms with van der Waals surface area (Å²) < 4.78 is 0. The predicted molar refractivity (Wildman–Crippen MR) is 57.4 cm³/mol. The standard InChI is InChI=1S/C10H20N2O3/c1-4-5-7(11)6-8(13)12-10(2,3)9(14)15/h7H,4-6,11H2,1-3H3,(H,12,13)(H,14,15). The van der Waals surface area contributed by atoms with E-state index in [0.717, 1.165) is 12.8 Å². The lowest BCUT2D eigenvalue weighted by Gasteiger charge is -2.22. The van der Waals surface area contributed by atoms with Crippen LogP contribution in [0.1, 0.15) is 40.0 Å². The van der Waals surface area contributed by atoms with Crippen LogP contribution in [-0.2, 0) is 9.59 Å². The zero-order valence-electron chi connectivity index (χ0n) is 9.54. The molecular formula is C10H20N2O3. The Hall–Kier alpha value is -1.10. The summed E-state index contributed by atoms with van der Waals surface area (Å²) in [5.41, 5.74) is 4.44. The lowest BCUT2D eigenvalue weighted by atomic mass is 10.0. The highest BCUT2D eigenvalue weighted by Crippen LogP contribution is 2.04. The highest BCUT2D eigenvalue weighted by molar-refractivity contribution is 5.86. The number of aliphatic carboxylic acids is 1. The molecule has 88 valence electrons. The number of carboxylic acid groups (broad SMARTS) is 1. The minimum Gasteiger partial charge on any atom is -0.480 e. The Morgan fingerprint density at radius 1 is 1.47 bits per heavy atom. The first-order chi connectivity index (χ1) is 6.79. The van der Waals surface area contributed by atoms with Crippen LogP contribution in [0.4, 0.5) is 0 Å². The third kappa shape index (κ3) is 5.37. The fourth-order valence-corrected chi connectivity index (χ4v) is 1.16. The Labute approximate surface area is 90.0 Å². The number of nitrogens with one attached hydrogen (secondary N) is 1.